The Hall–Kier alpha value is -1.56. The fraction of sp³-hybridized carbons (Fsp3) is 0.385. The van der Waals surface area contributed by atoms with Crippen LogP contribution >= 0.6 is 11.8 Å². The zero-order chi connectivity index (χ0) is 14.2. The van der Waals surface area contributed by atoms with Crippen molar-refractivity contribution in [2.75, 3.05) is 5.75 Å². The van der Waals surface area contributed by atoms with Gasteiger partial charge in [0.05, 0.1) is 5.37 Å². The first-order valence-corrected chi connectivity index (χ1v) is 6.90. The van der Waals surface area contributed by atoms with E-state index in [9.17, 15) is 14.0 Å². The first-order chi connectivity index (χ1) is 8.91. The Morgan fingerprint density at radius 1 is 1.47 bits per heavy atom. The lowest BCUT2D eigenvalue weighted by Gasteiger charge is -2.25. The van der Waals surface area contributed by atoms with Gasteiger partial charge in [0.1, 0.15) is 11.9 Å². The van der Waals surface area contributed by atoms with E-state index >= 15 is 0 Å². The summed E-state index contributed by atoms with van der Waals surface area (Å²) in [6, 6.07) is 3.25. The van der Waals surface area contributed by atoms with Crippen molar-refractivity contribution in [2.45, 2.75) is 25.3 Å². The third-order valence-electron chi connectivity index (χ3n) is 3.15. The normalized spacial score (nSPS) is 22.6. The molecule has 1 aliphatic rings. The van der Waals surface area contributed by atoms with Gasteiger partial charge in [-0.25, -0.2) is 9.18 Å². The highest BCUT2D eigenvalue weighted by atomic mass is 32.2. The van der Waals surface area contributed by atoms with Crippen molar-refractivity contribution in [3.05, 3.63) is 35.1 Å². The summed E-state index contributed by atoms with van der Waals surface area (Å²) >= 11 is 1.42. The van der Waals surface area contributed by atoms with Crippen molar-refractivity contribution in [2.24, 2.45) is 0 Å². The van der Waals surface area contributed by atoms with Gasteiger partial charge in [0.25, 0.3) is 5.91 Å². The third-order valence-corrected chi connectivity index (χ3v) is 4.36. The van der Waals surface area contributed by atoms with Crippen LogP contribution in [0, 0.1) is 12.7 Å². The largest absolute Gasteiger partial charge is 0.480 e. The predicted molar refractivity (Wildman–Crippen MR) is 70.7 cm³/mol. The van der Waals surface area contributed by atoms with E-state index in [1.54, 1.807) is 13.8 Å². The molecule has 1 fully saturated rings. The zero-order valence-electron chi connectivity index (χ0n) is 10.6. The Bertz CT molecular complexity index is 535. The van der Waals surface area contributed by atoms with E-state index < -0.39 is 12.0 Å². The molecule has 19 heavy (non-hydrogen) atoms. The van der Waals surface area contributed by atoms with Crippen LogP contribution in [0.3, 0.4) is 0 Å². The summed E-state index contributed by atoms with van der Waals surface area (Å²) in [7, 11) is 0. The molecule has 6 heteroatoms. The molecule has 1 N–H and O–H groups in total. The fourth-order valence-corrected chi connectivity index (χ4v) is 3.24. The smallest absolute Gasteiger partial charge is 0.327 e. The molecule has 1 amide bonds. The van der Waals surface area contributed by atoms with Gasteiger partial charge in [-0.2, -0.15) is 0 Å². The van der Waals surface area contributed by atoms with Gasteiger partial charge < -0.3 is 10.0 Å². The van der Waals surface area contributed by atoms with Crippen LogP contribution in [0.25, 0.3) is 0 Å². The van der Waals surface area contributed by atoms with Gasteiger partial charge in [-0.15, -0.1) is 11.8 Å². The molecule has 2 unspecified atom stereocenters. The SMILES string of the molecule is Cc1cc(C(=O)N2C(C)SCC2C(=O)O)ccc1F. The molecular weight excluding hydrogens is 269 g/mol. The highest BCUT2D eigenvalue weighted by Crippen LogP contribution is 2.30. The molecule has 1 saturated heterocycles. The molecule has 0 spiro atoms. The van der Waals surface area contributed by atoms with E-state index in [0.717, 1.165) is 0 Å². The number of hydrogen-bond donors (Lipinski definition) is 1. The average molecular weight is 283 g/mol. The second-order valence-corrected chi connectivity index (χ2v) is 5.81. The second kappa shape index (κ2) is 5.21. The molecular formula is C13H14FNO3S. The van der Waals surface area contributed by atoms with Crippen LogP contribution < -0.4 is 0 Å². The van der Waals surface area contributed by atoms with Gasteiger partial charge >= 0.3 is 5.97 Å². The van der Waals surface area contributed by atoms with E-state index in [2.05, 4.69) is 0 Å². The minimum Gasteiger partial charge on any atom is -0.480 e. The van der Waals surface area contributed by atoms with Gasteiger partial charge in [0, 0.05) is 11.3 Å². The van der Waals surface area contributed by atoms with E-state index in [4.69, 9.17) is 5.11 Å². The van der Waals surface area contributed by atoms with E-state index in [-0.39, 0.29) is 17.1 Å². The number of benzene rings is 1. The third kappa shape index (κ3) is 2.58. The number of halogens is 1. The molecule has 2 atom stereocenters. The van der Waals surface area contributed by atoms with Crippen LogP contribution in [0.4, 0.5) is 4.39 Å². The summed E-state index contributed by atoms with van der Waals surface area (Å²) in [4.78, 5) is 24.9. The Labute approximate surface area is 114 Å². The number of carbonyl (C=O) groups is 2. The molecule has 0 saturated carbocycles. The lowest BCUT2D eigenvalue weighted by atomic mass is 10.1. The van der Waals surface area contributed by atoms with Gasteiger partial charge in [-0.1, -0.05) is 0 Å². The molecule has 0 bridgehead atoms. The van der Waals surface area contributed by atoms with Crippen LogP contribution in [-0.4, -0.2) is 39.1 Å². The van der Waals surface area contributed by atoms with Gasteiger partial charge in [0.2, 0.25) is 0 Å². The number of aliphatic carboxylic acids is 1. The number of amides is 1. The highest BCUT2D eigenvalue weighted by molar-refractivity contribution is 8.00. The molecule has 0 aliphatic carbocycles. The Kier molecular flexibility index (Phi) is 3.80. The van der Waals surface area contributed by atoms with Crippen molar-refractivity contribution in [3.63, 3.8) is 0 Å². The van der Waals surface area contributed by atoms with E-state index in [1.807, 2.05) is 0 Å². The number of hydrogen-bond acceptors (Lipinski definition) is 3. The predicted octanol–water partition coefficient (Wildman–Crippen LogP) is 2.12. The first-order valence-electron chi connectivity index (χ1n) is 5.85. The molecule has 102 valence electrons. The van der Waals surface area contributed by atoms with Crippen LogP contribution in [0.15, 0.2) is 18.2 Å². The molecule has 0 aromatic heterocycles. The number of rotatable bonds is 2. The molecule has 1 aromatic carbocycles. The lowest BCUT2D eigenvalue weighted by molar-refractivity contribution is -0.141. The molecule has 1 heterocycles. The molecule has 0 radical (unpaired) electrons. The number of nitrogens with zero attached hydrogens (tertiary/aromatic N) is 1. The number of carbonyl (C=O) groups excluding carboxylic acids is 1. The molecule has 1 aromatic rings. The Morgan fingerprint density at radius 2 is 2.16 bits per heavy atom. The summed E-state index contributed by atoms with van der Waals surface area (Å²) in [6.07, 6.45) is 0. The maximum Gasteiger partial charge on any atom is 0.327 e. The minimum atomic E-state index is -1.01. The van der Waals surface area contributed by atoms with Crippen molar-refractivity contribution < 1.29 is 19.1 Å². The topological polar surface area (TPSA) is 57.6 Å². The number of carboxylic acids is 1. The molecule has 2 rings (SSSR count). The number of thioether (sulfide) groups is 1. The van der Waals surface area contributed by atoms with E-state index in [0.29, 0.717) is 16.9 Å². The standard InChI is InChI=1S/C13H14FNO3S/c1-7-5-9(3-4-10(7)14)12(16)15-8(2)19-6-11(15)13(17)18/h3-5,8,11H,6H2,1-2H3,(H,17,18). The van der Waals surface area contributed by atoms with Crippen molar-refractivity contribution in [3.8, 4) is 0 Å². The lowest BCUT2D eigenvalue weighted by Crippen LogP contribution is -2.44. The minimum absolute atomic E-state index is 0.195. The molecule has 1 aliphatic heterocycles. The van der Waals surface area contributed by atoms with Crippen molar-refractivity contribution in [1.29, 1.82) is 0 Å². The number of carboxylic acid groups (broad SMARTS) is 1. The van der Waals surface area contributed by atoms with E-state index in [1.165, 1.54) is 34.9 Å². The summed E-state index contributed by atoms with van der Waals surface area (Å²) in [5.74, 6) is -1.38. The zero-order valence-corrected chi connectivity index (χ0v) is 11.4. The van der Waals surface area contributed by atoms with Crippen LogP contribution in [0.1, 0.15) is 22.8 Å². The quantitative estimate of drug-likeness (QED) is 0.903. The monoisotopic (exact) mass is 283 g/mol. The van der Waals surface area contributed by atoms with Crippen molar-refractivity contribution in [1.82, 2.24) is 4.90 Å². The van der Waals surface area contributed by atoms with Crippen LogP contribution in [0.2, 0.25) is 0 Å². The van der Waals surface area contributed by atoms with Gasteiger partial charge in [-0.05, 0) is 37.6 Å². The summed E-state index contributed by atoms with van der Waals surface area (Å²) in [6.45, 7) is 3.37. The van der Waals surface area contributed by atoms with Crippen LogP contribution in [-0.2, 0) is 4.79 Å². The Morgan fingerprint density at radius 3 is 2.74 bits per heavy atom. The summed E-state index contributed by atoms with van der Waals surface area (Å²) in [5.41, 5.74) is 0.691. The fourth-order valence-electron chi connectivity index (χ4n) is 2.07. The maximum atomic E-state index is 13.2. The van der Waals surface area contributed by atoms with Gasteiger partial charge in [0.15, 0.2) is 0 Å². The molecule has 4 nitrogen and oxygen atoms in total. The second-order valence-electron chi connectivity index (χ2n) is 4.46. The highest BCUT2D eigenvalue weighted by Gasteiger charge is 2.39. The average Bonchev–Trinajstić information content (AvgIpc) is 2.74. The van der Waals surface area contributed by atoms with Crippen LogP contribution in [0.5, 0.6) is 0 Å². The summed E-state index contributed by atoms with van der Waals surface area (Å²) < 4.78 is 13.2. The maximum absolute atomic E-state index is 13.2. The van der Waals surface area contributed by atoms with Crippen molar-refractivity contribution >= 4 is 23.6 Å². The Balaban J connectivity index is 2.31. The van der Waals surface area contributed by atoms with Gasteiger partial charge in [-0.3, -0.25) is 4.79 Å². The summed E-state index contributed by atoms with van der Waals surface area (Å²) in [5, 5.41) is 8.93. The number of aryl methyl sites for hydroxylation is 1. The first kappa shape index (κ1) is 13.9.